The Morgan fingerprint density at radius 3 is 3.08 bits per heavy atom. The molecule has 0 aliphatic rings. The molecule has 6 nitrogen and oxygen atoms in total. The Hall–Kier alpha value is -2.61. The SMILES string of the molecule is CC(Cn1cncn1)C(=O)Nc1ncc(Cc2cccc(F)c2)s1. The number of hydrogen-bond acceptors (Lipinski definition) is 5. The summed E-state index contributed by atoms with van der Waals surface area (Å²) in [6.45, 7) is 2.27. The van der Waals surface area contributed by atoms with Gasteiger partial charge in [-0.05, 0) is 17.7 Å². The van der Waals surface area contributed by atoms with Gasteiger partial charge in [0, 0.05) is 17.5 Å². The molecule has 0 radical (unpaired) electrons. The molecule has 3 rings (SSSR count). The number of amides is 1. The summed E-state index contributed by atoms with van der Waals surface area (Å²) in [6.07, 6.45) is 5.29. The number of carbonyl (C=O) groups is 1. The third-order valence-electron chi connectivity index (χ3n) is 3.43. The summed E-state index contributed by atoms with van der Waals surface area (Å²) >= 11 is 1.39. The fourth-order valence-corrected chi connectivity index (χ4v) is 3.06. The first-order chi connectivity index (χ1) is 11.6. The lowest BCUT2D eigenvalue weighted by Crippen LogP contribution is -2.24. The van der Waals surface area contributed by atoms with E-state index < -0.39 is 0 Å². The van der Waals surface area contributed by atoms with Crippen LogP contribution in [0.3, 0.4) is 0 Å². The maximum atomic E-state index is 13.2. The molecule has 1 atom stereocenters. The third kappa shape index (κ3) is 4.23. The van der Waals surface area contributed by atoms with Crippen LogP contribution in [0.2, 0.25) is 0 Å². The average Bonchev–Trinajstić information content (AvgIpc) is 3.19. The number of nitrogens with zero attached hydrogens (tertiary/aromatic N) is 4. The maximum absolute atomic E-state index is 13.2. The van der Waals surface area contributed by atoms with Gasteiger partial charge in [0.05, 0.1) is 12.5 Å². The van der Waals surface area contributed by atoms with Gasteiger partial charge in [0.2, 0.25) is 5.91 Å². The predicted octanol–water partition coefficient (Wildman–Crippen LogP) is 2.74. The maximum Gasteiger partial charge on any atom is 0.230 e. The van der Waals surface area contributed by atoms with E-state index in [0.717, 1.165) is 10.4 Å². The average molecular weight is 345 g/mol. The molecule has 1 aromatic carbocycles. The summed E-state index contributed by atoms with van der Waals surface area (Å²) in [6, 6.07) is 6.46. The molecular weight excluding hydrogens is 329 g/mol. The minimum Gasteiger partial charge on any atom is -0.302 e. The Balaban J connectivity index is 1.58. The summed E-state index contributed by atoms with van der Waals surface area (Å²) in [5, 5.41) is 7.33. The van der Waals surface area contributed by atoms with Gasteiger partial charge in [-0.25, -0.2) is 14.4 Å². The second-order valence-corrected chi connectivity index (χ2v) is 6.56. The number of halogens is 1. The van der Waals surface area contributed by atoms with Gasteiger partial charge in [-0.2, -0.15) is 5.10 Å². The molecule has 0 fully saturated rings. The van der Waals surface area contributed by atoms with Crippen LogP contribution in [0.25, 0.3) is 0 Å². The van der Waals surface area contributed by atoms with Crippen molar-refractivity contribution in [1.29, 1.82) is 0 Å². The van der Waals surface area contributed by atoms with Crippen LogP contribution in [0.5, 0.6) is 0 Å². The first-order valence-electron chi connectivity index (χ1n) is 7.42. The molecule has 0 saturated heterocycles. The van der Waals surface area contributed by atoms with E-state index >= 15 is 0 Å². The lowest BCUT2D eigenvalue weighted by atomic mass is 10.1. The van der Waals surface area contributed by atoms with Crippen molar-refractivity contribution in [3.63, 3.8) is 0 Å². The third-order valence-corrected chi connectivity index (χ3v) is 4.34. The van der Waals surface area contributed by atoms with Gasteiger partial charge in [0.1, 0.15) is 18.5 Å². The Morgan fingerprint density at radius 2 is 2.33 bits per heavy atom. The predicted molar refractivity (Wildman–Crippen MR) is 89.1 cm³/mol. The molecule has 0 bridgehead atoms. The molecule has 1 N–H and O–H groups in total. The molecule has 0 saturated carbocycles. The molecule has 0 aliphatic carbocycles. The lowest BCUT2D eigenvalue weighted by molar-refractivity contribution is -0.119. The quantitative estimate of drug-likeness (QED) is 0.745. The molecule has 124 valence electrons. The van der Waals surface area contributed by atoms with Gasteiger partial charge in [-0.1, -0.05) is 19.1 Å². The van der Waals surface area contributed by atoms with Crippen LogP contribution < -0.4 is 5.32 Å². The smallest absolute Gasteiger partial charge is 0.230 e. The first kappa shape index (κ1) is 16.3. The van der Waals surface area contributed by atoms with E-state index in [-0.39, 0.29) is 17.6 Å². The standard InChI is InChI=1S/C16H16FN5OS/c1-11(8-22-10-18-9-20-22)15(23)21-16-19-7-14(24-16)6-12-3-2-4-13(17)5-12/h2-5,7,9-11H,6,8H2,1H3,(H,19,21,23). The number of benzene rings is 1. The molecule has 1 amide bonds. The molecule has 0 aliphatic heterocycles. The highest BCUT2D eigenvalue weighted by Crippen LogP contribution is 2.22. The molecule has 1 unspecified atom stereocenters. The second kappa shape index (κ2) is 7.31. The van der Waals surface area contributed by atoms with Crippen molar-refractivity contribution in [1.82, 2.24) is 19.7 Å². The topological polar surface area (TPSA) is 72.7 Å². The largest absolute Gasteiger partial charge is 0.302 e. The molecule has 2 aromatic heterocycles. The summed E-state index contributed by atoms with van der Waals surface area (Å²) in [5.41, 5.74) is 0.871. The summed E-state index contributed by atoms with van der Waals surface area (Å²) in [5.74, 6) is -0.646. The molecule has 3 aromatic rings. The van der Waals surface area contributed by atoms with E-state index in [0.29, 0.717) is 18.1 Å². The van der Waals surface area contributed by atoms with Gasteiger partial charge in [0.15, 0.2) is 5.13 Å². The number of thiazole rings is 1. The summed E-state index contributed by atoms with van der Waals surface area (Å²) in [7, 11) is 0. The van der Waals surface area contributed by atoms with Crippen molar-refractivity contribution in [3.05, 3.63) is 59.4 Å². The zero-order valence-corrected chi connectivity index (χ0v) is 13.8. The molecule has 24 heavy (non-hydrogen) atoms. The minimum atomic E-state index is -0.262. The zero-order valence-electron chi connectivity index (χ0n) is 13.0. The minimum absolute atomic E-state index is 0.128. The number of aromatic nitrogens is 4. The van der Waals surface area contributed by atoms with Crippen LogP contribution in [0.4, 0.5) is 9.52 Å². The number of carbonyl (C=O) groups excluding carboxylic acids is 1. The second-order valence-electron chi connectivity index (χ2n) is 5.45. The van der Waals surface area contributed by atoms with Crippen LogP contribution in [0, 0.1) is 11.7 Å². The van der Waals surface area contributed by atoms with Crippen LogP contribution in [-0.4, -0.2) is 25.7 Å². The molecular formula is C16H16FN5OS. The van der Waals surface area contributed by atoms with Gasteiger partial charge >= 0.3 is 0 Å². The van der Waals surface area contributed by atoms with Crippen molar-refractivity contribution < 1.29 is 9.18 Å². The molecule has 0 spiro atoms. The van der Waals surface area contributed by atoms with Crippen molar-refractivity contribution in [2.45, 2.75) is 19.9 Å². The van der Waals surface area contributed by atoms with E-state index in [2.05, 4.69) is 20.4 Å². The number of hydrogen-bond donors (Lipinski definition) is 1. The van der Waals surface area contributed by atoms with E-state index in [4.69, 9.17) is 0 Å². The van der Waals surface area contributed by atoms with E-state index in [1.54, 1.807) is 23.3 Å². The first-order valence-corrected chi connectivity index (χ1v) is 8.24. The highest BCUT2D eigenvalue weighted by molar-refractivity contribution is 7.15. The van der Waals surface area contributed by atoms with Crippen LogP contribution in [0.1, 0.15) is 17.4 Å². The fraction of sp³-hybridized carbons (Fsp3) is 0.250. The summed E-state index contributed by atoms with van der Waals surface area (Å²) < 4.78 is 14.8. The Morgan fingerprint density at radius 1 is 1.46 bits per heavy atom. The zero-order chi connectivity index (χ0) is 16.9. The van der Waals surface area contributed by atoms with Crippen LogP contribution in [0.15, 0.2) is 43.1 Å². The van der Waals surface area contributed by atoms with Crippen molar-refractivity contribution >= 4 is 22.4 Å². The highest BCUT2D eigenvalue weighted by atomic mass is 32.1. The highest BCUT2D eigenvalue weighted by Gasteiger charge is 2.15. The normalized spacial score (nSPS) is 12.1. The van der Waals surface area contributed by atoms with Gasteiger partial charge < -0.3 is 5.32 Å². The summed E-state index contributed by atoms with van der Waals surface area (Å²) in [4.78, 5) is 21.2. The molecule has 2 heterocycles. The Labute approximate surface area is 142 Å². The Bertz CT molecular complexity index is 818. The number of nitrogens with one attached hydrogen (secondary N) is 1. The van der Waals surface area contributed by atoms with Crippen molar-refractivity contribution in [2.24, 2.45) is 5.92 Å². The monoisotopic (exact) mass is 345 g/mol. The number of rotatable bonds is 6. The van der Waals surface area contributed by atoms with Crippen molar-refractivity contribution in [2.75, 3.05) is 5.32 Å². The van der Waals surface area contributed by atoms with Gasteiger partial charge in [-0.3, -0.25) is 9.48 Å². The van der Waals surface area contributed by atoms with Gasteiger partial charge in [0.25, 0.3) is 0 Å². The van der Waals surface area contributed by atoms with E-state index in [1.807, 2.05) is 13.0 Å². The van der Waals surface area contributed by atoms with Crippen molar-refractivity contribution in [3.8, 4) is 0 Å². The van der Waals surface area contributed by atoms with Gasteiger partial charge in [-0.15, -0.1) is 11.3 Å². The van der Waals surface area contributed by atoms with E-state index in [1.165, 1.54) is 29.8 Å². The number of anilines is 1. The Kier molecular flexibility index (Phi) is 4.95. The molecule has 8 heteroatoms. The lowest BCUT2D eigenvalue weighted by Gasteiger charge is -2.09. The van der Waals surface area contributed by atoms with Crippen LogP contribution >= 0.6 is 11.3 Å². The van der Waals surface area contributed by atoms with E-state index in [9.17, 15) is 9.18 Å². The fourth-order valence-electron chi connectivity index (χ4n) is 2.21. The van der Waals surface area contributed by atoms with Crippen LogP contribution in [-0.2, 0) is 17.8 Å².